The van der Waals surface area contributed by atoms with Gasteiger partial charge in [-0.1, -0.05) is 0 Å². The number of ether oxygens (including phenoxy) is 1. The number of halogens is 4. The molecule has 2 aromatic carbocycles. The van der Waals surface area contributed by atoms with Crippen LogP contribution >= 0.6 is 0 Å². The number of nitrogens with zero attached hydrogens (tertiary/aromatic N) is 3. The summed E-state index contributed by atoms with van der Waals surface area (Å²) in [5.41, 5.74) is -1.20. The van der Waals surface area contributed by atoms with Crippen LogP contribution in [0.25, 0.3) is 0 Å². The third-order valence-corrected chi connectivity index (χ3v) is 7.27. The molecule has 2 saturated heterocycles. The number of alkyl halides is 3. The number of aliphatic hydroxyl groups is 1. The van der Waals surface area contributed by atoms with Crippen LogP contribution in [-0.2, 0) is 6.18 Å². The maximum atomic E-state index is 14.1. The highest BCUT2D eigenvalue weighted by Crippen LogP contribution is 2.46. The number of hydrogen-bond acceptors (Lipinski definition) is 5. The first-order valence-corrected chi connectivity index (χ1v) is 11.2. The van der Waals surface area contributed by atoms with Gasteiger partial charge in [-0.15, -0.1) is 0 Å². The van der Waals surface area contributed by atoms with E-state index < -0.39 is 23.1 Å². The Hall–Kier alpha value is -3.32. The number of piperidine rings is 1. The number of methoxy groups -OCH3 is 1. The van der Waals surface area contributed by atoms with E-state index in [0.717, 1.165) is 12.1 Å². The molecule has 4 rings (SSSR count). The van der Waals surface area contributed by atoms with E-state index in [1.54, 1.807) is 11.0 Å². The van der Waals surface area contributed by atoms with Crippen LogP contribution in [0.3, 0.4) is 0 Å². The van der Waals surface area contributed by atoms with Gasteiger partial charge in [0.05, 0.1) is 24.3 Å². The summed E-state index contributed by atoms with van der Waals surface area (Å²) in [6, 6.07) is 9.31. The van der Waals surface area contributed by atoms with Gasteiger partial charge in [-0.3, -0.25) is 4.79 Å². The summed E-state index contributed by atoms with van der Waals surface area (Å²) in [4.78, 5) is 16.5. The maximum Gasteiger partial charge on any atom is 0.417 e. The zero-order valence-corrected chi connectivity index (χ0v) is 19.1. The molecule has 1 N–H and O–H groups in total. The van der Waals surface area contributed by atoms with Gasteiger partial charge in [0.1, 0.15) is 0 Å². The van der Waals surface area contributed by atoms with Crippen LogP contribution in [0.1, 0.15) is 34.3 Å². The zero-order valence-electron chi connectivity index (χ0n) is 19.1. The first-order valence-electron chi connectivity index (χ1n) is 11.2. The number of aliphatic hydroxyl groups excluding tert-OH is 1. The van der Waals surface area contributed by atoms with E-state index in [-0.39, 0.29) is 35.2 Å². The lowest BCUT2D eigenvalue weighted by atomic mass is 9.71. The molecule has 1 atom stereocenters. The average Bonchev–Trinajstić information content (AvgIpc) is 3.20. The molecule has 2 aliphatic rings. The van der Waals surface area contributed by atoms with Crippen LogP contribution in [0.2, 0.25) is 0 Å². The number of carbonyl (C=O) groups excluding carboxylic acids is 1. The second kappa shape index (κ2) is 9.38. The molecule has 1 unspecified atom stereocenters. The van der Waals surface area contributed by atoms with Crippen molar-refractivity contribution < 1.29 is 32.2 Å². The predicted molar refractivity (Wildman–Crippen MR) is 119 cm³/mol. The van der Waals surface area contributed by atoms with Crippen molar-refractivity contribution in [3.63, 3.8) is 0 Å². The molecule has 2 heterocycles. The molecule has 1 spiro atoms. The summed E-state index contributed by atoms with van der Waals surface area (Å²) in [6.07, 6.45) is -3.49. The Morgan fingerprint density at radius 2 is 1.94 bits per heavy atom. The normalized spacial score (nSPS) is 19.6. The molecule has 10 heteroatoms. The van der Waals surface area contributed by atoms with Crippen molar-refractivity contribution in [3.8, 4) is 11.8 Å². The number of carbonyl (C=O) groups is 1. The number of likely N-dealkylation sites (tertiary alicyclic amines) is 1. The summed E-state index contributed by atoms with van der Waals surface area (Å²) >= 11 is 0. The minimum absolute atomic E-state index is 0.0385. The quantitative estimate of drug-likeness (QED) is 0.653. The molecule has 0 saturated carbocycles. The fourth-order valence-electron chi connectivity index (χ4n) is 5.26. The van der Waals surface area contributed by atoms with Crippen LogP contribution in [0.4, 0.5) is 23.2 Å². The maximum absolute atomic E-state index is 14.1. The molecule has 186 valence electrons. The summed E-state index contributed by atoms with van der Waals surface area (Å²) in [7, 11) is 1.34. The third-order valence-electron chi connectivity index (χ3n) is 7.27. The number of nitriles is 1. The first-order chi connectivity index (χ1) is 16.6. The Bertz CT molecular complexity index is 1150. The molecule has 35 heavy (non-hydrogen) atoms. The molecule has 2 aromatic rings. The summed E-state index contributed by atoms with van der Waals surface area (Å²) in [5.74, 6) is -1.13. The fourth-order valence-corrected chi connectivity index (χ4v) is 5.26. The van der Waals surface area contributed by atoms with Gasteiger partial charge in [-0.2, -0.15) is 18.4 Å². The van der Waals surface area contributed by atoms with E-state index in [1.165, 1.54) is 31.4 Å². The second-order valence-corrected chi connectivity index (χ2v) is 9.10. The lowest BCUT2D eigenvalue weighted by Gasteiger charge is -2.43. The Morgan fingerprint density at radius 1 is 1.23 bits per heavy atom. The predicted octanol–water partition coefficient (Wildman–Crippen LogP) is 4.08. The molecule has 0 aromatic heterocycles. The summed E-state index contributed by atoms with van der Waals surface area (Å²) in [5, 5.41) is 19.1. The molecule has 6 nitrogen and oxygen atoms in total. The van der Waals surface area contributed by atoms with Crippen molar-refractivity contribution in [2.24, 2.45) is 11.3 Å². The Morgan fingerprint density at radius 3 is 2.51 bits per heavy atom. The van der Waals surface area contributed by atoms with Gasteiger partial charge < -0.3 is 19.6 Å². The van der Waals surface area contributed by atoms with E-state index in [1.807, 2.05) is 4.90 Å². The Labute approximate surface area is 200 Å². The highest BCUT2D eigenvalue weighted by atomic mass is 19.4. The minimum Gasteiger partial charge on any atom is -0.494 e. The fraction of sp³-hybridized carbons (Fsp3) is 0.440. The van der Waals surface area contributed by atoms with E-state index >= 15 is 0 Å². The molecule has 2 fully saturated rings. The van der Waals surface area contributed by atoms with Crippen molar-refractivity contribution >= 4 is 11.6 Å². The van der Waals surface area contributed by atoms with Crippen molar-refractivity contribution in [1.82, 2.24) is 4.90 Å². The number of benzene rings is 2. The Kier molecular flexibility index (Phi) is 6.64. The van der Waals surface area contributed by atoms with Gasteiger partial charge in [-0.25, -0.2) is 4.39 Å². The van der Waals surface area contributed by atoms with E-state index in [2.05, 4.69) is 0 Å². The molecule has 0 radical (unpaired) electrons. The number of amides is 1. The van der Waals surface area contributed by atoms with Gasteiger partial charge in [0, 0.05) is 50.0 Å². The minimum atomic E-state index is -4.63. The van der Waals surface area contributed by atoms with Crippen LogP contribution in [-0.4, -0.2) is 55.8 Å². The summed E-state index contributed by atoms with van der Waals surface area (Å²) < 4.78 is 59.2. The highest BCUT2D eigenvalue weighted by molar-refractivity contribution is 5.94. The first kappa shape index (κ1) is 24.8. The van der Waals surface area contributed by atoms with Gasteiger partial charge in [0.2, 0.25) is 0 Å². The second-order valence-electron chi connectivity index (χ2n) is 9.10. The third kappa shape index (κ3) is 4.65. The van der Waals surface area contributed by atoms with Crippen LogP contribution < -0.4 is 9.64 Å². The lowest BCUT2D eigenvalue weighted by Crippen LogP contribution is -2.45. The zero-order chi connectivity index (χ0) is 25.4. The van der Waals surface area contributed by atoms with Crippen molar-refractivity contribution in [1.29, 1.82) is 5.26 Å². The largest absolute Gasteiger partial charge is 0.494 e. The Balaban J connectivity index is 1.50. The standard InChI is InChI=1S/C25H25F4N3O3/c1-35-22-5-3-16(10-21(22)26)23(34)32-13-18(14-33)24(15-32)6-8-31(9-7-24)19-4-2-17(12-30)20(11-19)25(27,28)29/h2-5,10-11,18,33H,6-9,13-15H2,1H3. The SMILES string of the molecule is COc1ccc(C(=O)N2CC(CO)C3(CCN(c4ccc(C#N)c(C(F)(F)F)c4)CC3)C2)cc1F. The summed E-state index contributed by atoms with van der Waals surface area (Å²) in [6.45, 7) is 1.45. The highest BCUT2D eigenvalue weighted by Gasteiger charge is 2.49. The van der Waals surface area contributed by atoms with Gasteiger partial charge in [-0.05, 0) is 54.7 Å². The van der Waals surface area contributed by atoms with Crippen LogP contribution in [0, 0.1) is 28.5 Å². The van der Waals surface area contributed by atoms with Crippen molar-refractivity contribution in [2.45, 2.75) is 19.0 Å². The smallest absolute Gasteiger partial charge is 0.417 e. The number of hydrogen-bond donors (Lipinski definition) is 1. The molecule has 1 amide bonds. The number of rotatable bonds is 4. The van der Waals surface area contributed by atoms with Gasteiger partial charge in [0.15, 0.2) is 11.6 Å². The van der Waals surface area contributed by atoms with E-state index in [9.17, 15) is 27.5 Å². The lowest BCUT2D eigenvalue weighted by molar-refractivity contribution is -0.137. The molecular weight excluding hydrogens is 466 g/mol. The van der Waals surface area contributed by atoms with Gasteiger partial charge >= 0.3 is 6.18 Å². The van der Waals surface area contributed by atoms with Crippen LogP contribution in [0.15, 0.2) is 36.4 Å². The molecule has 2 aliphatic heterocycles. The molecular formula is C25H25F4N3O3. The van der Waals surface area contributed by atoms with Crippen LogP contribution in [0.5, 0.6) is 5.75 Å². The molecule has 0 bridgehead atoms. The monoisotopic (exact) mass is 491 g/mol. The average molecular weight is 491 g/mol. The van der Waals surface area contributed by atoms with Gasteiger partial charge in [0.25, 0.3) is 5.91 Å². The van der Waals surface area contributed by atoms with Crippen molar-refractivity contribution in [3.05, 3.63) is 58.9 Å². The van der Waals surface area contributed by atoms with E-state index in [4.69, 9.17) is 10.00 Å². The van der Waals surface area contributed by atoms with Crippen molar-refractivity contribution in [2.75, 3.05) is 44.8 Å². The number of anilines is 1. The topological polar surface area (TPSA) is 76.8 Å². The molecule has 0 aliphatic carbocycles. The van der Waals surface area contributed by atoms with E-state index in [0.29, 0.717) is 44.7 Å².